The quantitative estimate of drug-likeness (QED) is 0.148. The maximum absolute atomic E-state index is 2.45. The first-order valence-corrected chi connectivity index (χ1v) is 22.3. The summed E-state index contributed by atoms with van der Waals surface area (Å²) in [6.07, 6.45) is 0. The molecule has 12 rings (SSSR count). The van der Waals surface area contributed by atoms with Crippen molar-refractivity contribution in [1.29, 1.82) is 0 Å². The molecule has 0 spiro atoms. The van der Waals surface area contributed by atoms with Crippen LogP contribution in [0.15, 0.2) is 243 Å². The van der Waals surface area contributed by atoms with Crippen molar-refractivity contribution >= 4 is 70.4 Å². The van der Waals surface area contributed by atoms with Crippen LogP contribution < -0.4 is 4.90 Å². The lowest BCUT2D eigenvalue weighted by Gasteiger charge is -2.29. The lowest BCUT2D eigenvalue weighted by Crippen LogP contribution is -2.11. The molecule has 0 N–H and O–H groups in total. The highest BCUT2D eigenvalue weighted by Gasteiger charge is 2.22. The van der Waals surface area contributed by atoms with Crippen molar-refractivity contribution in [3.8, 4) is 50.2 Å². The summed E-state index contributed by atoms with van der Waals surface area (Å²) in [5.74, 6) is 0. The molecular formula is C60H40N2S. The maximum Gasteiger partial charge on any atom is 0.0547 e. The van der Waals surface area contributed by atoms with E-state index in [-0.39, 0.29) is 0 Å². The molecule has 0 aliphatic heterocycles. The molecule has 0 bridgehead atoms. The zero-order valence-electron chi connectivity index (χ0n) is 34.4. The molecule has 10 aromatic carbocycles. The molecule has 2 nitrogen and oxygen atoms in total. The van der Waals surface area contributed by atoms with E-state index in [0.29, 0.717) is 0 Å². The van der Waals surface area contributed by atoms with E-state index in [1.54, 1.807) is 0 Å². The summed E-state index contributed by atoms with van der Waals surface area (Å²) in [5.41, 5.74) is 16.3. The number of anilines is 3. The van der Waals surface area contributed by atoms with Gasteiger partial charge in [-0.3, -0.25) is 0 Å². The number of benzene rings is 10. The van der Waals surface area contributed by atoms with Gasteiger partial charge in [-0.25, -0.2) is 0 Å². The molecule has 2 heterocycles. The Labute approximate surface area is 370 Å². The molecule has 0 aliphatic rings. The van der Waals surface area contributed by atoms with Crippen LogP contribution in [0.5, 0.6) is 0 Å². The Balaban J connectivity index is 1.09. The average molecular weight is 821 g/mol. The van der Waals surface area contributed by atoms with E-state index in [1.807, 2.05) is 11.3 Å². The predicted molar refractivity (Wildman–Crippen MR) is 270 cm³/mol. The van der Waals surface area contributed by atoms with Crippen molar-refractivity contribution < 1.29 is 0 Å². The Morgan fingerprint density at radius 3 is 1.67 bits per heavy atom. The highest BCUT2D eigenvalue weighted by atomic mass is 32.1. The zero-order chi connectivity index (χ0) is 41.7. The second-order valence-electron chi connectivity index (χ2n) is 16.1. The van der Waals surface area contributed by atoms with E-state index in [2.05, 4.69) is 252 Å². The minimum absolute atomic E-state index is 1.09. The topological polar surface area (TPSA) is 8.17 Å². The lowest BCUT2D eigenvalue weighted by atomic mass is 9.89. The second-order valence-corrected chi connectivity index (χ2v) is 17.2. The van der Waals surface area contributed by atoms with Crippen LogP contribution in [0, 0.1) is 0 Å². The van der Waals surface area contributed by atoms with Crippen LogP contribution in [0.1, 0.15) is 0 Å². The number of fused-ring (bicyclic) bond motifs is 6. The van der Waals surface area contributed by atoms with Crippen LogP contribution in [0.25, 0.3) is 92.2 Å². The molecule has 63 heavy (non-hydrogen) atoms. The molecular weight excluding hydrogens is 781 g/mol. The maximum atomic E-state index is 2.45. The van der Waals surface area contributed by atoms with Gasteiger partial charge in [-0.1, -0.05) is 170 Å². The molecule has 0 radical (unpaired) electrons. The Kier molecular flexibility index (Phi) is 9.06. The van der Waals surface area contributed by atoms with Gasteiger partial charge < -0.3 is 9.47 Å². The van der Waals surface area contributed by atoms with Gasteiger partial charge in [-0.2, -0.15) is 0 Å². The van der Waals surface area contributed by atoms with Crippen molar-refractivity contribution in [3.63, 3.8) is 0 Å². The van der Waals surface area contributed by atoms with E-state index in [4.69, 9.17) is 0 Å². The number of hydrogen-bond acceptors (Lipinski definition) is 2. The molecule has 296 valence electrons. The third-order valence-corrected chi connectivity index (χ3v) is 13.6. The van der Waals surface area contributed by atoms with Gasteiger partial charge in [-0.05, 0) is 112 Å². The predicted octanol–water partition coefficient (Wildman–Crippen LogP) is 17.3. The van der Waals surface area contributed by atoms with Gasteiger partial charge in [0.05, 0.1) is 16.7 Å². The van der Waals surface area contributed by atoms with Crippen molar-refractivity contribution in [1.82, 2.24) is 4.57 Å². The van der Waals surface area contributed by atoms with Gasteiger partial charge in [-0.15, -0.1) is 11.3 Å². The van der Waals surface area contributed by atoms with Crippen LogP contribution in [0.4, 0.5) is 17.1 Å². The first kappa shape index (κ1) is 36.8. The minimum atomic E-state index is 1.09. The van der Waals surface area contributed by atoms with E-state index < -0.39 is 0 Å². The van der Waals surface area contributed by atoms with Crippen LogP contribution in [-0.2, 0) is 0 Å². The molecule has 0 saturated heterocycles. The molecule has 12 aromatic rings. The third kappa shape index (κ3) is 6.50. The SMILES string of the molecule is c1ccc(-c2ccc(N(c3ccc4sc5ccccc5c4c3)c3ccccc3-c3ccc(-c4ccccc4)cc3-c3ccc4c5ccccc5n(-c5ccccc5)c4c3)cc2)cc1. The zero-order valence-corrected chi connectivity index (χ0v) is 35.2. The molecule has 0 fully saturated rings. The average Bonchev–Trinajstić information content (AvgIpc) is 3.90. The number of aromatic nitrogens is 1. The van der Waals surface area contributed by atoms with Crippen molar-refractivity contribution in [2.24, 2.45) is 0 Å². The molecule has 3 heteroatoms. The van der Waals surface area contributed by atoms with E-state index >= 15 is 0 Å². The van der Waals surface area contributed by atoms with Gasteiger partial charge in [0.15, 0.2) is 0 Å². The highest BCUT2D eigenvalue weighted by Crippen LogP contribution is 2.47. The number of rotatable bonds is 8. The minimum Gasteiger partial charge on any atom is -0.310 e. The first-order valence-electron chi connectivity index (χ1n) is 21.5. The molecule has 0 aliphatic carbocycles. The van der Waals surface area contributed by atoms with Crippen LogP contribution in [0.2, 0.25) is 0 Å². The molecule has 0 amide bonds. The van der Waals surface area contributed by atoms with Gasteiger partial charge in [0, 0.05) is 53.6 Å². The molecule has 0 unspecified atom stereocenters. The van der Waals surface area contributed by atoms with Crippen LogP contribution >= 0.6 is 11.3 Å². The first-order chi connectivity index (χ1) is 31.2. The largest absolute Gasteiger partial charge is 0.310 e. The number of nitrogens with zero attached hydrogens (tertiary/aromatic N) is 2. The Hall–Kier alpha value is -7.98. The van der Waals surface area contributed by atoms with Crippen LogP contribution in [-0.4, -0.2) is 4.57 Å². The summed E-state index contributed by atoms with van der Waals surface area (Å²) in [6.45, 7) is 0. The normalized spacial score (nSPS) is 11.5. The summed E-state index contributed by atoms with van der Waals surface area (Å²) >= 11 is 1.85. The van der Waals surface area contributed by atoms with Gasteiger partial charge in [0.25, 0.3) is 0 Å². The smallest absolute Gasteiger partial charge is 0.0547 e. The van der Waals surface area contributed by atoms with E-state index in [1.165, 1.54) is 75.4 Å². The fourth-order valence-electron chi connectivity index (χ4n) is 9.43. The van der Waals surface area contributed by atoms with Gasteiger partial charge >= 0.3 is 0 Å². The van der Waals surface area contributed by atoms with Gasteiger partial charge in [0.1, 0.15) is 0 Å². The summed E-state index contributed by atoms with van der Waals surface area (Å²) in [7, 11) is 0. The summed E-state index contributed by atoms with van der Waals surface area (Å²) in [5, 5.41) is 5.04. The second kappa shape index (κ2) is 15.5. The summed E-state index contributed by atoms with van der Waals surface area (Å²) in [6, 6.07) is 88.6. The molecule has 0 atom stereocenters. The molecule has 2 aromatic heterocycles. The van der Waals surface area contributed by atoms with Crippen molar-refractivity contribution in [2.45, 2.75) is 0 Å². The Morgan fingerprint density at radius 2 is 0.873 bits per heavy atom. The Morgan fingerprint density at radius 1 is 0.302 bits per heavy atom. The van der Waals surface area contributed by atoms with Crippen LogP contribution in [0.3, 0.4) is 0 Å². The fourth-order valence-corrected chi connectivity index (χ4v) is 10.5. The lowest BCUT2D eigenvalue weighted by molar-refractivity contribution is 1.18. The summed E-state index contributed by atoms with van der Waals surface area (Å²) < 4.78 is 5.00. The highest BCUT2D eigenvalue weighted by molar-refractivity contribution is 7.25. The van der Waals surface area contributed by atoms with Crippen molar-refractivity contribution in [2.75, 3.05) is 4.90 Å². The number of para-hydroxylation sites is 3. The number of thiophene rings is 1. The van der Waals surface area contributed by atoms with E-state index in [9.17, 15) is 0 Å². The third-order valence-electron chi connectivity index (χ3n) is 12.4. The number of hydrogen-bond donors (Lipinski definition) is 0. The Bertz CT molecular complexity index is 3600. The standard InChI is InChI=1S/C60H40N2S/c1-4-16-41(17-5-1)43-28-32-47(33-29-43)61(48-34-37-60-55(40-48)53-24-12-15-27-59(53)63-60)56-25-13-10-22-50(56)49-35-30-44(42-18-6-2-7-19-42)38-54(49)45-31-36-52-51-23-11-14-26-57(51)62(58(52)39-45)46-20-8-3-9-21-46/h1-40H. The fraction of sp³-hybridized carbons (Fsp3) is 0. The summed E-state index contributed by atoms with van der Waals surface area (Å²) in [4.78, 5) is 2.45. The van der Waals surface area contributed by atoms with E-state index in [0.717, 1.165) is 33.9 Å². The monoisotopic (exact) mass is 820 g/mol. The van der Waals surface area contributed by atoms with Gasteiger partial charge in [0.2, 0.25) is 0 Å². The molecule has 0 saturated carbocycles. The van der Waals surface area contributed by atoms with Crippen molar-refractivity contribution in [3.05, 3.63) is 243 Å².